The number of H-pyrrole nitrogens is 1. The van der Waals surface area contributed by atoms with Gasteiger partial charge in [-0.15, -0.1) is 0 Å². The number of aryl methyl sites for hydroxylation is 1. The average Bonchev–Trinajstić information content (AvgIpc) is 3.50. The number of rotatable bonds is 8. The molecule has 0 aliphatic carbocycles. The summed E-state index contributed by atoms with van der Waals surface area (Å²) in [7, 11) is 3.64. The summed E-state index contributed by atoms with van der Waals surface area (Å²) < 4.78 is 40.9. The zero-order valence-electron chi connectivity index (χ0n) is 22.9. The van der Waals surface area contributed by atoms with E-state index in [-0.39, 0.29) is 17.8 Å². The number of hydrogen-bond acceptors (Lipinski definition) is 6. The van der Waals surface area contributed by atoms with Crippen molar-refractivity contribution in [1.82, 2.24) is 25.4 Å². The maximum absolute atomic E-state index is 13.6. The number of alkyl halides is 3. The number of aromatic amines is 1. The molecule has 12 heteroatoms. The molecule has 9 nitrogen and oxygen atoms in total. The molecule has 2 aromatic heterocycles. The highest BCUT2D eigenvalue weighted by atomic mass is 19.4. The third kappa shape index (κ3) is 6.32. The minimum atomic E-state index is -4.69. The Hall–Kier alpha value is -4.45. The first-order valence-corrected chi connectivity index (χ1v) is 13.1. The zero-order chi connectivity index (χ0) is 29.3. The summed E-state index contributed by atoms with van der Waals surface area (Å²) in [6, 6.07) is 10.2. The van der Waals surface area contributed by atoms with E-state index >= 15 is 0 Å². The summed E-state index contributed by atoms with van der Waals surface area (Å²) in [6.45, 7) is 4.05. The summed E-state index contributed by atoms with van der Waals surface area (Å²) in [5, 5.41) is 13.2. The molecule has 5 rings (SSSR count). The van der Waals surface area contributed by atoms with E-state index in [1.54, 1.807) is 18.3 Å². The van der Waals surface area contributed by atoms with Crippen LogP contribution in [-0.4, -0.2) is 65.6 Å². The second-order valence-electron chi connectivity index (χ2n) is 10.4. The fraction of sp³-hybridized carbons (Fsp3) is 0.310. The summed E-state index contributed by atoms with van der Waals surface area (Å²) in [6.07, 6.45) is -2.11. The van der Waals surface area contributed by atoms with Gasteiger partial charge in [0.05, 0.1) is 5.56 Å². The van der Waals surface area contributed by atoms with Crippen molar-refractivity contribution in [2.24, 2.45) is 0 Å². The number of nitrogens with zero attached hydrogens (tertiary/aromatic N) is 4. The molecule has 0 fully saturated rings. The molecule has 0 unspecified atom stereocenters. The van der Waals surface area contributed by atoms with Crippen LogP contribution in [0.15, 0.2) is 48.7 Å². The number of anilines is 2. The molecule has 1 aliphatic rings. The quantitative estimate of drug-likeness (QED) is 0.293. The average molecular weight is 566 g/mol. The number of hydrogen-bond donors (Lipinski definition) is 3. The number of carbonyl (C=O) groups is 2. The molecule has 3 N–H and O–H groups in total. The molecule has 0 saturated carbocycles. The molecule has 2 aromatic carbocycles. The van der Waals surface area contributed by atoms with Crippen LogP contribution in [0, 0.1) is 6.92 Å². The van der Waals surface area contributed by atoms with Gasteiger partial charge >= 0.3 is 6.18 Å². The van der Waals surface area contributed by atoms with Gasteiger partial charge in [0.1, 0.15) is 0 Å². The fourth-order valence-corrected chi connectivity index (χ4v) is 4.81. The summed E-state index contributed by atoms with van der Waals surface area (Å²) in [5.41, 5.74) is 3.50. The number of halogens is 3. The van der Waals surface area contributed by atoms with Gasteiger partial charge in [0.25, 0.3) is 11.8 Å². The number of benzene rings is 2. The van der Waals surface area contributed by atoms with E-state index in [0.717, 1.165) is 53.0 Å². The van der Waals surface area contributed by atoms with Crippen molar-refractivity contribution < 1.29 is 22.8 Å². The van der Waals surface area contributed by atoms with Crippen LogP contribution in [0.2, 0.25) is 0 Å². The maximum Gasteiger partial charge on any atom is 0.416 e. The van der Waals surface area contributed by atoms with Crippen molar-refractivity contribution in [3.05, 3.63) is 82.2 Å². The Morgan fingerprint density at radius 2 is 1.88 bits per heavy atom. The molecule has 0 radical (unpaired) electrons. The first kappa shape index (κ1) is 28.1. The second-order valence-corrected chi connectivity index (χ2v) is 10.4. The van der Waals surface area contributed by atoms with E-state index in [9.17, 15) is 22.8 Å². The monoisotopic (exact) mass is 565 g/mol. The van der Waals surface area contributed by atoms with E-state index in [1.165, 1.54) is 6.07 Å². The lowest BCUT2D eigenvalue weighted by Crippen LogP contribution is -2.31. The van der Waals surface area contributed by atoms with Gasteiger partial charge in [0.15, 0.2) is 5.65 Å². The molecular weight excluding hydrogens is 535 g/mol. The Morgan fingerprint density at radius 3 is 2.63 bits per heavy atom. The standard InChI is InChI=1S/C29H30F3N7O2/c1-17-24-10-18(15-34-26(24)37-36-17)16-39-8-6-19-4-5-20(13-25(19)39)28(41)35-23-12-21(11-22(14-23)29(30,31)32)27(40)33-7-9-38(2)3/h4-5,10-15H,6-9,16H2,1-3H3,(H,33,40)(H,35,41)(H,34,36,37). The van der Waals surface area contributed by atoms with Gasteiger partial charge in [0.2, 0.25) is 0 Å². The van der Waals surface area contributed by atoms with Crippen molar-refractivity contribution in [1.29, 1.82) is 0 Å². The Kier molecular flexibility index (Phi) is 7.68. The van der Waals surface area contributed by atoms with E-state index in [0.29, 0.717) is 24.3 Å². The van der Waals surface area contributed by atoms with Crippen LogP contribution in [0.3, 0.4) is 0 Å². The SMILES string of the molecule is Cc1[nH]nc2ncc(CN3CCc4ccc(C(=O)Nc5cc(C(=O)NCCN(C)C)cc(C(F)(F)F)c5)cc43)cc12. The number of carbonyl (C=O) groups excluding carboxylic acids is 2. The van der Waals surface area contributed by atoms with Gasteiger partial charge in [-0.3, -0.25) is 14.7 Å². The van der Waals surface area contributed by atoms with Crippen LogP contribution >= 0.6 is 0 Å². The van der Waals surface area contributed by atoms with Crippen LogP contribution in [0.4, 0.5) is 24.5 Å². The molecule has 2 amide bonds. The van der Waals surface area contributed by atoms with Crippen LogP contribution < -0.4 is 15.5 Å². The summed E-state index contributed by atoms with van der Waals surface area (Å²) in [4.78, 5) is 34.2. The third-order valence-electron chi connectivity index (χ3n) is 6.99. The summed E-state index contributed by atoms with van der Waals surface area (Å²) >= 11 is 0. The smallest absolute Gasteiger partial charge is 0.367 e. The van der Waals surface area contributed by atoms with Gasteiger partial charge in [-0.1, -0.05) is 6.07 Å². The van der Waals surface area contributed by atoms with E-state index < -0.39 is 23.6 Å². The lowest BCUT2D eigenvalue weighted by Gasteiger charge is -2.20. The molecule has 3 heterocycles. The molecule has 4 aromatic rings. The third-order valence-corrected chi connectivity index (χ3v) is 6.99. The number of likely N-dealkylation sites (N-methyl/N-ethyl adjacent to an activating group) is 1. The molecule has 214 valence electrons. The molecule has 0 saturated heterocycles. The Balaban J connectivity index is 1.35. The van der Waals surface area contributed by atoms with Crippen LogP contribution in [-0.2, 0) is 19.1 Å². The number of aromatic nitrogens is 3. The van der Waals surface area contributed by atoms with Crippen molar-refractivity contribution in [2.45, 2.75) is 26.1 Å². The maximum atomic E-state index is 13.6. The van der Waals surface area contributed by atoms with Crippen molar-refractivity contribution in [2.75, 3.05) is 43.9 Å². The predicted molar refractivity (Wildman–Crippen MR) is 150 cm³/mol. The Morgan fingerprint density at radius 1 is 1.07 bits per heavy atom. The molecule has 0 bridgehead atoms. The first-order valence-electron chi connectivity index (χ1n) is 13.1. The molecular formula is C29H30F3N7O2. The van der Waals surface area contributed by atoms with Crippen LogP contribution in [0.25, 0.3) is 11.0 Å². The Bertz CT molecular complexity index is 1610. The Labute approximate surface area is 234 Å². The number of fused-ring (bicyclic) bond motifs is 2. The first-order chi connectivity index (χ1) is 19.5. The zero-order valence-corrected chi connectivity index (χ0v) is 22.9. The highest BCUT2D eigenvalue weighted by molar-refractivity contribution is 6.06. The highest BCUT2D eigenvalue weighted by Crippen LogP contribution is 2.33. The lowest BCUT2D eigenvalue weighted by atomic mass is 10.1. The topological polar surface area (TPSA) is 106 Å². The van der Waals surface area contributed by atoms with Crippen molar-refractivity contribution in [3.63, 3.8) is 0 Å². The largest absolute Gasteiger partial charge is 0.416 e. The predicted octanol–water partition coefficient (Wildman–Crippen LogP) is 4.39. The van der Waals surface area contributed by atoms with E-state index in [4.69, 9.17) is 0 Å². The van der Waals surface area contributed by atoms with Gasteiger partial charge < -0.3 is 20.4 Å². The minimum absolute atomic E-state index is 0.116. The number of pyridine rings is 1. The van der Waals surface area contributed by atoms with Gasteiger partial charge in [0, 0.05) is 66.0 Å². The normalized spacial score (nSPS) is 13.1. The second kappa shape index (κ2) is 11.2. The van der Waals surface area contributed by atoms with Crippen molar-refractivity contribution >= 4 is 34.2 Å². The van der Waals surface area contributed by atoms with E-state index in [1.807, 2.05) is 38.1 Å². The van der Waals surface area contributed by atoms with Gasteiger partial charge in [-0.25, -0.2) is 4.98 Å². The highest BCUT2D eigenvalue weighted by Gasteiger charge is 2.32. The molecule has 1 aliphatic heterocycles. The number of amides is 2. The van der Waals surface area contributed by atoms with Crippen LogP contribution in [0.1, 0.15) is 43.1 Å². The van der Waals surface area contributed by atoms with E-state index in [2.05, 4.69) is 30.7 Å². The number of nitrogens with one attached hydrogen (secondary N) is 3. The minimum Gasteiger partial charge on any atom is -0.367 e. The molecule has 0 atom stereocenters. The fourth-order valence-electron chi connectivity index (χ4n) is 4.81. The molecule has 0 spiro atoms. The molecule has 41 heavy (non-hydrogen) atoms. The van der Waals surface area contributed by atoms with Crippen molar-refractivity contribution in [3.8, 4) is 0 Å². The summed E-state index contributed by atoms with van der Waals surface area (Å²) in [5.74, 6) is -1.23. The lowest BCUT2D eigenvalue weighted by molar-refractivity contribution is -0.137. The van der Waals surface area contributed by atoms with Crippen LogP contribution in [0.5, 0.6) is 0 Å². The van der Waals surface area contributed by atoms with Gasteiger partial charge in [-0.2, -0.15) is 18.3 Å². The van der Waals surface area contributed by atoms with Gasteiger partial charge in [-0.05, 0) is 75.0 Å².